The minimum atomic E-state index is -3.89. The summed E-state index contributed by atoms with van der Waals surface area (Å²) in [5.74, 6) is 0.524. The molecule has 0 unspecified atom stereocenters. The second kappa shape index (κ2) is 7.51. The van der Waals surface area contributed by atoms with E-state index in [1.54, 1.807) is 7.05 Å². The summed E-state index contributed by atoms with van der Waals surface area (Å²) >= 11 is 0. The van der Waals surface area contributed by atoms with Crippen LogP contribution >= 0.6 is 0 Å². The van der Waals surface area contributed by atoms with Crippen LogP contribution in [0.2, 0.25) is 0 Å². The van der Waals surface area contributed by atoms with E-state index >= 15 is 0 Å². The first-order chi connectivity index (χ1) is 9.37. The zero-order chi connectivity index (χ0) is 15.2. The van der Waals surface area contributed by atoms with Crippen LogP contribution in [0.4, 0.5) is 8.78 Å². The number of rotatable bonds is 8. The Labute approximate surface area is 117 Å². The van der Waals surface area contributed by atoms with Gasteiger partial charge >= 0.3 is 0 Å². The second-order valence-corrected chi connectivity index (χ2v) is 6.14. The van der Waals surface area contributed by atoms with Gasteiger partial charge in [0.05, 0.1) is 11.4 Å². The van der Waals surface area contributed by atoms with Gasteiger partial charge in [0.15, 0.2) is 0 Å². The highest BCUT2D eigenvalue weighted by atomic mass is 32.2. The van der Waals surface area contributed by atoms with Gasteiger partial charge in [0.2, 0.25) is 10.0 Å². The fraction of sp³-hybridized carbons (Fsp3) is 0.500. The number of benzene rings is 1. The molecule has 1 rings (SSSR count). The van der Waals surface area contributed by atoms with Crippen LogP contribution in [0.25, 0.3) is 0 Å². The maximum Gasteiger partial charge on any atom is 0.252 e. The summed E-state index contributed by atoms with van der Waals surface area (Å²) in [5, 5.41) is 2.91. The molecule has 1 N–H and O–H groups in total. The first kappa shape index (κ1) is 16.8. The summed E-state index contributed by atoms with van der Waals surface area (Å²) in [6, 6.07) is 5.68. The molecule has 0 aliphatic rings. The Balaban J connectivity index is 2.76. The number of nitrogens with one attached hydrogen (secondary N) is 1. The van der Waals surface area contributed by atoms with Crippen LogP contribution in [-0.4, -0.2) is 52.9 Å². The van der Waals surface area contributed by atoms with Gasteiger partial charge in [-0.15, -0.1) is 0 Å². The van der Waals surface area contributed by atoms with Gasteiger partial charge in [-0.1, -0.05) is 0 Å². The Kier molecular flexibility index (Phi) is 6.31. The highest BCUT2D eigenvalue weighted by Crippen LogP contribution is 2.19. The van der Waals surface area contributed by atoms with Crippen molar-refractivity contribution in [1.29, 1.82) is 0 Å². The normalized spacial score (nSPS) is 12.1. The van der Waals surface area contributed by atoms with Crippen molar-refractivity contribution in [3.8, 4) is 5.75 Å². The highest BCUT2D eigenvalue weighted by molar-refractivity contribution is 7.89. The molecule has 0 amide bonds. The average molecular weight is 308 g/mol. The van der Waals surface area contributed by atoms with Gasteiger partial charge in [0, 0.05) is 13.6 Å². The van der Waals surface area contributed by atoms with Gasteiger partial charge in [-0.05, 0) is 31.3 Å². The van der Waals surface area contributed by atoms with E-state index in [0.29, 0.717) is 23.2 Å². The number of hydrogen-bond donors (Lipinski definition) is 1. The second-order valence-electron chi connectivity index (χ2n) is 4.10. The van der Waals surface area contributed by atoms with Gasteiger partial charge in [0.1, 0.15) is 12.4 Å². The molecule has 0 aliphatic carbocycles. The van der Waals surface area contributed by atoms with Crippen LogP contribution in [0.15, 0.2) is 29.2 Å². The van der Waals surface area contributed by atoms with Crippen LogP contribution in [0.1, 0.15) is 0 Å². The Hall–Kier alpha value is -1.25. The van der Waals surface area contributed by atoms with Crippen molar-refractivity contribution in [2.45, 2.75) is 11.3 Å². The lowest BCUT2D eigenvalue weighted by Gasteiger charge is -2.16. The van der Waals surface area contributed by atoms with Gasteiger partial charge in [-0.3, -0.25) is 0 Å². The van der Waals surface area contributed by atoms with E-state index in [1.807, 2.05) is 0 Å². The number of sulfonamides is 1. The molecule has 0 saturated carbocycles. The molecule has 1 aromatic rings. The van der Waals surface area contributed by atoms with E-state index in [9.17, 15) is 17.2 Å². The molecule has 1 aromatic carbocycles. The fourth-order valence-electron chi connectivity index (χ4n) is 1.45. The van der Waals surface area contributed by atoms with Crippen LogP contribution in [0.5, 0.6) is 5.75 Å². The maximum absolute atomic E-state index is 12.2. The predicted molar refractivity (Wildman–Crippen MR) is 71.7 cm³/mol. The summed E-state index contributed by atoms with van der Waals surface area (Å²) < 4.78 is 54.4. The third-order valence-corrected chi connectivity index (χ3v) is 4.39. The molecule has 0 aliphatic heterocycles. The molecule has 20 heavy (non-hydrogen) atoms. The number of hydrogen-bond acceptors (Lipinski definition) is 4. The van der Waals surface area contributed by atoms with Crippen LogP contribution in [-0.2, 0) is 10.0 Å². The predicted octanol–water partition coefficient (Wildman–Crippen LogP) is 1.17. The summed E-state index contributed by atoms with van der Waals surface area (Å²) in [6.07, 6.45) is -2.71. The minimum Gasteiger partial charge on any atom is -0.492 e. The largest absolute Gasteiger partial charge is 0.492 e. The van der Waals surface area contributed by atoms with Crippen molar-refractivity contribution in [3.05, 3.63) is 24.3 Å². The summed E-state index contributed by atoms with van der Waals surface area (Å²) in [6.45, 7) is 0.286. The van der Waals surface area contributed by atoms with E-state index in [-0.39, 0.29) is 4.90 Å². The molecule has 0 saturated heterocycles. The summed E-state index contributed by atoms with van der Waals surface area (Å²) in [5.41, 5.74) is 0. The molecular formula is C12H18F2N2O3S. The number of likely N-dealkylation sites (N-methyl/N-ethyl adjacent to an activating group) is 1. The van der Waals surface area contributed by atoms with E-state index in [0.717, 1.165) is 7.05 Å². The van der Waals surface area contributed by atoms with E-state index in [1.165, 1.54) is 24.3 Å². The molecule has 0 radical (unpaired) electrons. The number of alkyl halides is 2. The smallest absolute Gasteiger partial charge is 0.252 e. The van der Waals surface area contributed by atoms with Crippen LogP contribution in [0, 0.1) is 0 Å². The SMILES string of the molecule is CNCCOc1ccc(S(=O)(=O)N(C)CC(F)F)cc1. The number of halogens is 2. The highest BCUT2D eigenvalue weighted by Gasteiger charge is 2.23. The van der Waals surface area contributed by atoms with Crippen molar-refractivity contribution in [3.63, 3.8) is 0 Å². The van der Waals surface area contributed by atoms with Gasteiger partial charge in [-0.25, -0.2) is 17.2 Å². The zero-order valence-electron chi connectivity index (χ0n) is 11.3. The van der Waals surface area contributed by atoms with Crippen molar-refractivity contribution >= 4 is 10.0 Å². The topological polar surface area (TPSA) is 58.6 Å². The lowest BCUT2D eigenvalue weighted by atomic mass is 10.3. The molecule has 0 bridgehead atoms. The van der Waals surface area contributed by atoms with Crippen molar-refractivity contribution in [2.75, 3.05) is 33.8 Å². The maximum atomic E-state index is 12.2. The van der Waals surface area contributed by atoms with Crippen molar-refractivity contribution < 1.29 is 21.9 Å². The Bertz CT molecular complexity index is 506. The molecule has 0 aromatic heterocycles. The van der Waals surface area contributed by atoms with Crippen LogP contribution < -0.4 is 10.1 Å². The monoisotopic (exact) mass is 308 g/mol. The van der Waals surface area contributed by atoms with E-state index < -0.39 is 23.0 Å². The molecule has 5 nitrogen and oxygen atoms in total. The van der Waals surface area contributed by atoms with Crippen molar-refractivity contribution in [1.82, 2.24) is 9.62 Å². The standard InChI is InChI=1S/C12H18F2N2O3S/c1-15-7-8-19-10-3-5-11(6-4-10)20(17,18)16(2)9-12(13)14/h3-6,12,15H,7-9H2,1-2H3. The molecule has 0 atom stereocenters. The molecule has 114 valence electrons. The first-order valence-corrected chi connectivity index (χ1v) is 7.44. The average Bonchev–Trinajstić information content (AvgIpc) is 2.39. The minimum absolute atomic E-state index is 0.0402. The quantitative estimate of drug-likeness (QED) is 0.733. The number of ether oxygens (including phenoxy) is 1. The molecule has 8 heteroatoms. The fourth-order valence-corrected chi connectivity index (χ4v) is 2.60. The molecule has 0 fully saturated rings. The summed E-state index contributed by atoms with van der Waals surface area (Å²) in [7, 11) is -0.977. The molecule has 0 spiro atoms. The number of nitrogens with zero attached hydrogens (tertiary/aromatic N) is 1. The van der Waals surface area contributed by atoms with E-state index in [4.69, 9.17) is 4.74 Å². The lowest BCUT2D eigenvalue weighted by Crippen LogP contribution is -2.31. The van der Waals surface area contributed by atoms with Gasteiger partial charge in [-0.2, -0.15) is 4.31 Å². The Morgan fingerprint density at radius 3 is 2.40 bits per heavy atom. The lowest BCUT2D eigenvalue weighted by molar-refractivity contribution is 0.126. The van der Waals surface area contributed by atoms with E-state index in [2.05, 4.69) is 5.32 Å². The zero-order valence-corrected chi connectivity index (χ0v) is 12.2. The Morgan fingerprint density at radius 1 is 1.30 bits per heavy atom. The third-order valence-electron chi connectivity index (χ3n) is 2.55. The molecule has 0 heterocycles. The van der Waals surface area contributed by atoms with Gasteiger partial charge < -0.3 is 10.1 Å². The third kappa shape index (κ3) is 4.69. The Morgan fingerprint density at radius 2 is 1.90 bits per heavy atom. The summed E-state index contributed by atoms with van der Waals surface area (Å²) in [4.78, 5) is -0.0402. The molecular weight excluding hydrogens is 290 g/mol. The first-order valence-electron chi connectivity index (χ1n) is 6.00. The van der Waals surface area contributed by atoms with Crippen molar-refractivity contribution in [2.24, 2.45) is 0 Å². The van der Waals surface area contributed by atoms with Crippen LogP contribution in [0.3, 0.4) is 0 Å². The van der Waals surface area contributed by atoms with Gasteiger partial charge in [0.25, 0.3) is 6.43 Å².